The molecule has 1 heteroatoms. The predicted octanol–water partition coefficient (Wildman–Crippen LogP) is 3.01. The molecule has 1 aliphatic heterocycles. The van der Waals surface area contributed by atoms with Gasteiger partial charge in [0.05, 0.1) is 0 Å². The quantitative estimate of drug-likeness (QED) is 0.669. The van der Waals surface area contributed by atoms with E-state index in [1.807, 2.05) is 0 Å². The summed E-state index contributed by atoms with van der Waals surface area (Å²) in [5.74, 6) is 3.82. The Morgan fingerprint density at radius 3 is 2.50 bits per heavy atom. The summed E-state index contributed by atoms with van der Waals surface area (Å²) in [5, 5.41) is 0. The summed E-state index contributed by atoms with van der Waals surface area (Å²) in [4.78, 5) is 2.73. The second-order valence-corrected chi connectivity index (χ2v) is 6.01. The van der Waals surface area contributed by atoms with Crippen molar-refractivity contribution < 1.29 is 0 Å². The SMILES string of the molecule is CC(C)[C@@H]1C[C@@H](C)CN(CC2CC2)C1. The summed E-state index contributed by atoms with van der Waals surface area (Å²) >= 11 is 0. The second kappa shape index (κ2) is 4.22. The molecule has 1 aliphatic carbocycles. The molecule has 1 nitrogen and oxygen atoms in total. The monoisotopic (exact) mass is 195 g/mol. The van der Waals surface area contributed by atoms with Gasteiger partial charge < -0.3 is 4.90 Å². The van der Waals surface area contributed by atoms with Crippen molar-refractivity contribution in [3.63, 3.8) is 0 Å². The lowest BCUT2D eigenvalue weighted by atomic mass is 9.83. The van der Waals surface area contributed by atoms with Gasteiger partial charge in [-0.3, -0.25) is 0 Å². The molecule has 0 radical (unpaired) electrons. The molecule has 0 aromatic carbocycles. The van der Waals surface area contributed by atoms with Gasteiger partial charge in [-0.15, -0.1) is 0 Å². The fourth-order valence-electron chi connectivity index (χ4n) is 2.81. The van der Waals surface area contributed by atoms with E-state index in [-0.39, 0.29) is 0 Å². The van der Waals surface area contributed by atoms with Crippen LogP contribution in [0.5, 0.6) is 0 Å². The minimum atomic E-state index is 0.874. The van der Waals surface area contributed by atoms with Crippen molar-refractivity contribution in [3.8, 4) is 0 Å². The van der Waals surface area contributed by atoms with Crippen molar-refractivity contribution in [2.24, 2.45) is 23.7 Å². The molecule has 0 bridgehead atoms. The van der Waals surface area contributed by atoms with E-state index >= 15 is 0 Å². The molecule has 2 atom stereocenters. The molecule has 2 rings (SSSR count). The fourth-order valence-corrected chi connectivity index (χ4v) is 2.81. The Bertz CT molecular complexity index is 182. The van der Waals surface area contributed by atoms with Crippen molar-refractivity contribution in [2.45, 2.75) is 40.0 Å². The molecule has 0 spiro atoms. The van der Waals surface area contributed by atoms with Crippen LogP contribution in [0.4, 0.5) is 0 Å². The maximum atomic E-state index is 2.73. The third-order valence-corrected chi connectivity index (χ3v) is 3.92. The molecule has 0 aromatic heterocycles. The van der Waals surface area contributed by atoms with Gasteiger partial charge in [-0.25, -0.2) is 0 Å². The van der Waals surface area contributed by atoms with Crippen molar-refractivity contribution in [1.82, 2.24) is 4.90 Å². The van der Waals surface area contributed by atoms with Gasteiger partial charge in [-0.1, -0.05) is 20.8 Å². The van der Waals surface area contributed by atoms with E-state index < -0.39 is 0 Å². The van der Waals surface area contributed by atoms with Crippen LogP contribution >= 0.6 is 0 Å². The average molecular weight is 195 g/mol. The minimum absolute atomic E-state index is 0.874. The molecule has 0 N–H and O–H groups in total. The number of piperidine rings is 1. The Morgan fingerprint density at radius 1 is 1.21 bits per heavy atom. The number of likely N-dealkylation sites (tertiary alicyclic amines) is 1. The Morgan fingerprint density at radius 2 is 1.93 bits per heavy atom. The van der Waals surface area contributed by atoms with E-state index in [0.29, 0.717) is 0 Å². The van der Waals surface area contributed by atoms with E-state index in [1.54, 1.807) is 0 Å². The third kappa shape index (κ3) is 2.73. The number of hydrogen-bond donors (Lipinski definition) is 0. The molecular formula is C13H25N. The minimum Gasteiger partial charge on any atom is -0.303 e. The lowest BCUT2D eigenvalue weighted by Gasteiger charge is -2.38. The standard InChI is InChI=1S/C13H25N/c1-10(2)13-6-11(3)7-14(9-13)8-12-4-5-12/h10-13H,4-9H2,1-3H3/t11-,13-/m1/s1. The summed E-state index contributed by atoms with van der Waals surface area (Å²) in [6.07, 6.45) is 4.45. The highest BCUT2D eigenvalue weighted by Crippen LogP contribution is 2.33. The lowest BCUT2D eigenvalue weighted by Crippen LogP contribution is -2.42. The van der Waals surface area contributed by atoms with Crippen LogP contribution in [0.3, 0.4) is 0 Å². The van der Waals surface area contributed by atoms with E-state index in [9.17, 15) is 0 Å². The fraction of sp³-hybridized carbons (Fsp3) is 1.00. The van der Waals surface area contributed by atoms with Crippen LogP contribution in [-0.4, -0.2) is 24.5 Å². The van der Waals surface area contributed by atoms with Crippen molar-refractivity contribution >= 4 is 0 Å². The van der Waals surface area contributed by atoms with Gasteiger partial charge in [0.25, 0.3) is 0 Å². The van der Waals surface area contributed by atoms with E-state index in [2.05, 4.69) is 25.7 Å². The maximum absolute atomic E-state index is 2.73. The Hall–Kier alpha value is -0.0400. The van der Waals surface area contributed by atoms with E-state index in [4.69, 9.17) is 0 Å². The largest absolute Gasteiger partial charge is 0.303 e. The molecular weight excluding hydrogens is 170 g/mol. The Labute approximate surface area is 88.9 Å². The number of hydrogen-bond acceptors (Lipinski definition) is 1. The van der Waals surface area contributed by atoms with Crippen LogP contribution in [0.25, 0.3) is 0 Å². The van der Waals surface area contributed by atoms with Crippen LogP contribution in [0, 0.1) is 23.7 Å². The summed E-state index contributed by atoms with van der Waals surface area (Å²) in [6, 6.07) is 0. The third-order valence-electron chi connectivity index (χ3n) is 3.92. The lowest BCUT2D eigenvalue weighted by molar-refractivity contribution is 0.103. The zero-order valence-electron chi connectivity index (χ0n) is 10.00. The van der Waals surface area contributed by atoms with Crippen LogP contribution in [0.2, 0.25) is 0 Å². The molecule has 1 saturated heterocycles. The van der Waals surface area contributed by atoms with Gasteiger partial charge in [-0.05, 0) is 42.9 Å². The molecule has 0 unspecified atom stereocenters. The first-order chi connectivity index (χ1) is 6.65. The predicted molar refractivity (Wildman–Crippen MR) is 61.3 cm³/mol. The van der Waals surface area contributed by atoms with Crippen molar-refractivity contribution in [2.75, 3.05) is 19.6 Å². The molecule has 2 fully saturated rings. The van der Waals surface area contributed by atoms with Gasteiger partial charge in [0, 0.05) is 19.6 Å². The molecule has 14 heavy (non-hydrogen) atoms. The first-order valence-corrected chi connectivity index (χ1v) is 6.37. The van der Waals surface area contributed by atoms with Gasteiger partial charge >= 0.3 is 0 Å². The van der Waals surface area contributed by atoms with E-state index in [0.717, 1.165) is 23.7 Å². The van der Waals surface area contributed by atoms with Crippen molar-refractivity contribution in [3.05, 3.63) is 0 Å². The Balaban J connectivity index is 1.84. The van der Waals surface area contributed by atoms with Gasteiger partial charge in [-0.2, -0.15) is 0 Å². The summed E-state index contributed by atoms with van der Waals surface area (Å²) in [6.45, 7) is 11.3. The zero-order chi connectivity index (χ0) is 10.1. The molecule has 0 aromatic rings. The highest BCUT2D eigenvalue weighted by Gasteiger charge is 2.30. The summed E-state index contributed by atoms with van der Waals surface area (Å²) in [7, 11) is 0. The second-order valence-electron chi connectivity index (χ2n) is 6.01. The van der Waals surface area contributed by atoms with Crippen LogP contribution < -0.4 is 0 Å². The number of nitrogens with zero attached hydrogens (tertiary/aromatic N) is 1. The van der Waals surface area contributed by atoms with Crippen LogP contribution in [0.15, 0.2) is 0 Å². The highest BCUT2D eigenvalue weighted by atomic mass is 15.1. The first kappa shape index (κ1) is 10.5. The van der Waals surface area contributed by atoms with Gasteiger partial charge in [0.2, 0.25) is 0 Å². The highest BCUT2D eigenvalue weighted by molar-refractivity contribution is 4.83. The summed E-state index contributed by atoms with van der Waals surface area (Å²) < 4.78 is 0. The Kier molecular flexibility index (Phi) is 3.16. The molecule has 1 saturated carbocycles. The van der Waals surface area contributed by atoms with Crippen LogP contribution in [0.1, 0.15) is 40.0 Å². The van der Waals surface area contributed by atoms with Crippen LogP contribution in [-0.2, 0) is 0 Å². The van der Waals surface area contributed by atoms with E-state index in [1.165, 1.54) is 38.9 Å². The maximum Gasteiger partial charge on any atom is 0.00124 e. The van der Waals surface area contributed by atoms with Gasteiger partial charge in [0.1, 0.15) is 0 Å². The topological polar surface area (TPSA) is 3.24 Å². The molecule has 82 valence electrons. The summed E-state index contributed by atoms with van der Waals surface area (Å²) in [5.41, 5.74) is 0. The normalized spacial score (nSPS) is 35.1. The smallest absolute Gasteiger partial charge is 0.00124 e. The molecule has 1 heterocycles. The molecule has 2 aliphatic rings. The molecule has 0 amide bonds. The zero-order valence-corrected chi connectivity index (χ0v) is 10.00. The van der Waals surface area contributed by atoms with Crippen molar-refractivity contribution in [1.29, 1.82) is 0 Å². The number of rotatable bonds is 3. The average Bonchev–Trinajstić information content (AvgIpc) is 2.87. The van der Waals surface area contributed by atoms with Gasteiger partial charge in [0.15, 0.2) is 0 Å². The first-order valence-electron chi connectivity index (χ1n) is 6.37.